The van der Waals surface area contributed by atoms with Crippen molar-refractivity contribution in [2.24, 2.45) is 0 Å². The van der Waals surface area contributed by atoms with Crippen LogP contribution in [0.1, 0.15) is 20.8 Å². The smallest absolute Gasteiger partial charge is 0.303 e. The molecule has 0 aromatic heterocycles. The van der Waals surface area contributed by atoms with Crippen LogP contribution in [0, 0.1) is 0 Å². The number of esters is 3. The number of rotatable bonds is 4. The largest absolute Gasteiger partial charge is 0.456 e. The van der Waals surface area contributed by atoms with Gasteiger partial charge in [0.25, 0.3) is 0 Å². The SMILES string of the molecule is CC(=O)O[C@@H]1[C@@H](OC(C)=O)[C@@H](Cl)O[C@H](CO)[C@@H]1OC(C)=O. The summed E-state index contributed by atoms with van der Waals surface area (Å²) in [6.07, 6.45) is -4.49. The van der Waals surface area contributed by atoms with Crippen molar-refractivity contribution in [2.75, 3.05) is 6.61 Å². The van der Waals surface area contributed by atoms with Crippen molar-refractivity contribution < 1.29 is 38.4 Å². The van der Waals surface area contributed by atoms with Gasteiger partial charge in [-0.2, -0.15) is 0 Å². The number of carbonyl (C=O) groups is 3. The van der Waals surface area contributed by atoms with Crippen molar-refractivity contribution in [3.63, 3.8) is 0 Å². The predicted molar refractivity (Wildman–Crippen MR) is 68.3 cm³/mol. The number of hydrogen-bond donors (Lipinski definition) is 1. The Kier molecular flexibility index (Phi) is 6.38. The van der Waals surface area contributed by atoms with Crippen molar-refractivity contribution >= 4 is 29.5 Å². The third-order valence-electron chi connectivity index (χ3n) is 2.66. The quantitative estimate of drug-likeness (QED) is 0.428. The highest BCUT2D eigenvalue weighted by Gasteiger charge is 2.50. The first-order valence-corrected chi connectivity index (χ1v) is 6.62. The molecule has 0 radical (unpaired) electrons. The second-order valence-electron chi connectivity index (χ2n) is 4.43. The summed E-state index contributed by atoms with van der Waals surface area (Å²) in [6, 6.07) is 0. The fourth-order valence-electron chi connectivity index (χ4n) is 1.99. The predicted octanol–water partition coefficient (Wildman–Crippen LogP) is -0.263. The van der Waals surface area contributed by atoms with Crippen molar-refractivity contribution in [1.82, 2.24) is 0 Å². The molecule has 5 atom stereocenters. The molecule has 0 saturated carbocycles. The van der Waals surface area contributed by atoms with Crippen LogP contribution >= 0.6 is 11.6 Å². The van der Waals surface area contributed by atoms with E-state index in [0.29, 0.717) is 0 Å². The molecule has 9 heteroatoms. The summed E-state index contributed by atoms with van der Waals surface area (Å²) in [5.41, 5.74) is -1.16. The van der Waals surface area contributed by atoms with Crippen LogP contribution in [0.3, 0.4) is 0 Å². The topological polar surface area (TPSA) is 108 Å². The van der Waals surface area contributed by atoms with Crippen LogP contribution in [0.5, 0.6) is 0 Å². The molecular formula is C12H17ClO8. The lowest BCUT2D eigenvalue weighted by molar-refractivity contribution is -0.237. The molecule has 1 aliphatic heterocycles. The molecule has 1 N–H and O–H groups in total. The molecule has 1 rings (SSSR count). The maximum Gasteiger partial charge on any atom is 0.303 e. The fourth-order valence-corrected chi connectivity index (χ4v) is 2.32. The normalized spacial score (nSPS) is 32.1. The Morgan fingerprint density at radius 1 is 0.952 bits per heavy atom. The Hall–Kier alpha value is -1.38. The fraction of sp³-hybridized carbons (Fsp3) is 0.750. The van der Waals surface area contributed by atoms with Crippen LogP contribution in [-0.4, -0.2) is 59.6 Å². The lowest BCUT2D eigenvalue weighted by atomic mass is 9.99. The number of aliphatic hydroxyl groups is 1. The third-order valence-corrected chi connectivity index (χ3v) is 3.01. The monoisotopic (exact) mass is 324 g/mol. The van der Waals surface area contributed by atoms with Gasteiger partial charge in [0.2, 0.25) is 0 Å². The zero-order valence-electron chi connectivity index (χ0n) is 11.8. The molecule has 0 unspecified atom stereocenters. The van der Waals surface area contributed by atoms with Crippen LogP contribution in [-0.2, 0) is 33.3 Å². The average Bonchev–Trinajstić information content (AvgIpc) is 2.35. The molecule has 0 aromatic carbocycles. The van der Waals surface area contributed by atoms with E-state index in [1.54, 1.807) is 0 Å². The van der Waals surface area contributed by atoms with E-state index in [-0.39, 0.29) is 0 Å². The summed E-state index contributed by atoms with van der Waals surface area (Å²) in [7, 11) is 0. The number of alkyl halides is 1. The second-order valence-corrected chi connectivity index (χ2v) is 4.86. The first-order valence-electron chi connectivity index (χ1n) is 6.18. The summed E-state index contributed by atoms with van der Waals surface area (Å²) in [4.78, 5) is 33.5. The minimum Gasteiger partial charge on any atom is -0.456 e. The molecule has 0 bridgehead atoms. The molecule has 1 saturated heterocycles. The van der Waals surface area contributed by atoms with Crippen LogP contribution in [0.2, 0.25) is 0 Å². The zero-order valence-corrected chi connectivity index (χ0v) is 12.5. The number of carbonyl (C=O) groups excluding carboxylic acids is 3. The third kappa shape index (κ3) is 4.83. The maximum absolute atomic E-state index is 11.2. The van der Waals surface area contributed by atoms with Gasteiger partial charge in [-0.25, -0.2) is 0 Å². The van der Waals surface area contributed by atoms with Gasteiger partial charge in [0.05, 0.1) is 6.61 Å². The highest BCUT2D eigenvalue weighted by Crippen LogP contribution is 2.30. The van der Waals surface area contributed by atoms with Gasteiger partial charge >= 0.3 is 17.9 Å². The zero-order chi connectivity index (χ0) is 16.2. The van der Waals surface area contributed by atoms with Gasteiger partial charge in [-0.05, 0) is 0 Å². The minimum atomic E-state index is -1.18. The number of aliphatic hydroxyl groups excluding tert-OH is 1. The first kappa shape index (κ1) is 17.7. The Morgan fingerprint density at radius 3 is 1.81 bits per heavy atom. The molecule has 1 heterocycles. The van der Waals surface area contributed by atoms with E-state index in [9.17, 15) is 19.5 Å². The van der Waals surface area contributed by atoms with Gasteiger partial charge in [-0.1, -0.05) is 11.6 Å². The molecule has 120 valence electrons. The highest BCUT2D eigenvalue weighted by molar-refractivity contribution is 6.20. The van der Waals surface area contributed by atoms with Gasteiger partial charge in [0.1, 0.15) is 6.10 Å². The van der Waals surface area contributed by atoms with E-state index in [0.717, 1.165) is 20.8 Å². The summed E-state index contributed by atoms with van der Waals surface area (Å²) in [5, 5.41) is 9.29. The van der Waals surface area contributed by atoms with E-state index < -0.39 is 54.5 Å². The van der Waals surface area contributed by atoms with E-state index in [4.69, 9.17) is 30.5 Å². The minimum absolute atomic E-state index is 0.522. The first-order chi connectivity index (χ1) is 9.76. The highest BCUT2D eigenvalue weighted by atomic mass is 35.5. The second kappa shape index (κ2) is 7.58. The standard InChI is InChI=1S/C12H17ClO8/c1-5(15)18-9-8(4-14)21-12(13)11(20-7(3)17)10(9)19-6(2)16/h8-12,14H,4H2,1-3H3/t8-,9+,10+,11-,12+/m1/s1. The maximum atomic E-state index is 11.2. The van der Waals surface area contributed by atoms with E-state index in [2.05, 4.69) is 0 Å². The Labute approximate surface area is 126 Å². The molecule has 0 spiro atoms. The average molecular weight is 325 g/mol. The van der Waals surface area contributed by atoms with Gasteiger partial charge in [-0.3, -0.25) is 14.4 Å². The molecule has 1 aliphatic rings. The summed E-state index contributed by atoms with van der Waals surface area (Å²) >= 11 is 5.94. The number of hydrogen-bond acceptors (Lipinski definition) is 8. The van der Waals surface area contributed by atoms with E-state index >= 15 is 0 Å². The van der Waals surface area contributed by atoms with Crippen LogP contribution < -0.4 is 0 Å². The molecule has 0 aliphatic carbocycles. The summed E-state index contributed by atoms with van der Waals surface area (Å²) in [5.74, 6) is -2.03. The van der Waals surface area contributed by atoms with Crippen molar-refractivity contribution in [2.45, 2.75) is 50.8 Å². The van der Waals surface area contributed by atoms with Crippen molar-refractivity contribution in [1.29, 1.82) is 0 Å². The van der Waals surface area contributed by atoms with Crippen LogP contribution in [0.4, 0.5) is 0 Å². The number of halogens is 1. The van der Waals surface area contributed by atoms with Crippen molar-refractivity contribution in [3.8, 4) is 0 Å². The Bertz CT molecular complexity index is 412. The van der Waals surface area contributed by atoms with Gasteiger partial charge in [0, 0.05) is 20.8 Å². The van der Waals surface area contributed by atoms with Crippen LogP contribution in [0.15, 0.2) is 0 Å². The van der Waals surface area contributed by atoms with E-state index in [1.165, 1.54) is 0 Å². The molecule has 21 heavy (non-hydrogen) atoms. The van der Waals surface area contributed by atoms with Crippen LogP contribution in [0.25, 0.3) is 0 Å². The molecule has 0 aromatic rings. The molecule has 8 nitrogen and oxygen atoms in total. The lowest BCUT2D eigenvalue weighted by Gasteiger charge is -2.42. The molecular weight excluding hydrogens is 308 g/mol. The van der Waals surface area contributed by atoms with Gasteiger partial charge in [-0.15, -0.1) is 0 Å². The molecule has 1 fully saturated rings. The Balaban J connectivity index is 3.08. The van der Waals surface area contributed by atoms with E-state index in [1.807, 2.05) is 0 Å². The summed E-state index contributed by atoms with van der Waals surface area (Å²) < 4.78 is 20.3. The molecule has 0 amide bonds. The number of ether oxygens (including phenoxy) is 4. The van der Waals surface area contributed by atoms with Crippen molar-refractivity contribution in [3.05, 3.63) is 0 Å². The van der Waals surface area contributed by atoms with Gasteiger partial charge < -0.3 is 24.1 Å². The van der Waals surface area contributed by atoms with Gasteiger partial charge in [0.15, 0.2) is 23.9 Å². The summed E-state index contributed by atoms with van der Waals surface area (Å²) in [6.45, 7) is 2.91. The Morgan fingerprint density at radius 2 is 1.38 bits per heavy atom. The lowest BCUT2D eigenvalue weighted by Crippen LogP contribution is -2.60.